The average molecular weight is 352 g/mol. The summed E-state index contributed by atoms with van der Waals surface area (Å²) < 4.78 is 0. The molecule has 2 aromatic carbocycles. The molecule has 0 aliphatic carbocycles. The average Bonchev–Trinajstić information content (AvgIpc) is 2.56. The minimum atomic E-state index is -0.00274. The monoisotopic (exact) mass is 351 g/mol. The number of hydrogen-bond donors (Lipinski definition) is 1. The van der Waals surface area contributed by atoms with E-state index in [1.807, 2.05) is 54.8 Å². The summed E-state index contributed by atoms with van der Waals surface area (Å²) >= 11 is 9.24. The summed E-state index contributed by atoms with van der Waals surface area (Å²) in [4.78, 5) is 13.2. The van der Waals surface area contributed by atoms with Gasteiger partial charge in [-0.05, 0) is 36.1 Å². The molecule has 0 heterocycles. The second-order valence-electron chi connectivity index (χ2n) is 4.64. The Morgan fingerprint density at radius 1 is 1.14 bits per heavy atom. The maximum Gasteiger partial charge on any atom is 0.252 e. The Labute approximate surface area is 145 Å². The number of carbonyl (C=O) groups excluding carboxylic acids is 1. The van der Waals surface area contributed by atoms with Crippen LogP contribution in [0.25, 0.3) is 0 Å². The van der Waals surface area contributed by atoms with E-state index in [0.717, 1.165) is 27.0 Å². The number of carbonyl (C=O) groups is 1. The molecule has 0 spiro atoms. The van der Waals surface area contributed by atoms with Crippen LogP contribution >= 0.6 is 35.1 Å². The number of benzene rings is 2. The molecule has 0 aliphatic heterocycles. The molecule has 0 saturated carbocycles. The first kappa shape index (κ1) is 17.3. The smallest absolute Gasteiger partial charge is 0.252 e. The zero-order valence-corrected chi connectivity index (χ0v) is 14.7. The number of amides is 1. The lowest BCUT2D eigenvalue weighted by Crippen LogP contribution is -2.26. The lowest BCUT2D eigenvalue weighted by atomic mass is 10.2. The predicted octanol–water partition coefficient (Wildman–Crippen LogP) is 4.73. The van der Waals surface area contributed by atoms with Crippen LogP contribution in [0.15, 0.2) is 53.4 Å². The summed E-state index contributed by atoms with van der Waals surface area (Å²) in [6.45, 7) is 0.666. The molecule has 0 atom stereocenters. The fourth-order valence-corrected chi connectivity index (χ4v) is 3.48. The van der Waals surface area contributed by atoms with Gasteiger partial charge in [-0.25, -0.2) is 0 Å². The van der Waals surface area contributed by atoms with Gasteiger partial charge in [-0.1, -0.05) is 35.9 Å². The highest BCUT2D eigenvalue weighted by Crippen LogP contribution is 2.19. The van der Waals surface area contributed by atoms with Crippen molar-refractivity contribution in [2.24, 2.45) is 0 Å². The van der Waals surface area contributed by atoms with Crippen LogP contribution in [0, 0.1) is 0 Å². The van der Waals surface area contributed by atoms with E-state index in [1.54, 1.807) is 23.5 Å². The van der Waals surface area contributed by atoms with Crippen molar-refractivity contribution in [3.05, 3.63) is 64.7 Å². The van der Waals surface area contributed by atoms with Crippen molar-refractivity contribution in [2.45, 2.75) is 10.6 Å². The summed E-state index contributed by atoms with van der Waals surface area (Å²) in [6, 6.07) is 15.5. The van der Waals surface area contributed by atoms with E-state index in [2.05, 4.69) is 5.32 Å². The summed E-state index contributed by atoms with van der Waals surface area (Å²) in [7, 11) is 0. The third-order valence-corrected chi connectivity index (χ3v) is 5.14. The molecule has 1 amide bonds. The maximum absolute atomic E-state index is 12.1. The minimum absolute atomic E-state index is 0.00274. The zero-order valence-electron chi connectivity index (χ0n) is 12.3. The van der Waals surface area contributed by atoms with Gasteiger partial charge in [0.05, 0.1) is 5.56 Å². The van der Waals surface area contributed by atoms with Gasteiger partial charge in [0.25, 0.3) is 5.91 Å². The third-order valence-electron chi connectivity index (χ3n) is 3.07. The van der Waals surface area contributed by atoms with Crippen LogP contribution < -0.4 is 5.32 Å². The highest BCUT2D eigenvalue weighted by atomic mass is 35.5. The summed E-state index contributed by atoms with van der Waals surface area (Å²) in [5, 5.41) is 3.73. The molecule has 0 unspecified atom stereocenters. The Bertz CT molecular complexity index is 616. The van der Waals surface area contributed by atoms with E-state index < -0.39 is 0 Å². The molecule has 22 heavy (non-hydrogen) atoms. The van der Waals surface area contributed by atoms with E-state index >= 15 is 0 Å². The lowest BCUT2D eigenvalue weighted by molar-refractivity contribution is 0.0953. The van der Waals surface area contributed by atoms with Gasteiger partial charge in [-0.2, -0.15) is 11.8 Å². The summed E-state index contributed by atoms with van der Waals surface area (Å²) in [5.41, 5.74) is 1.99. The van der Waals surface area contributed by atoms with Gasteiger partial charge in [-0.15, -0.1) is 11.8 Å². The molecule has 0 saturated heterocycles. The molecular weight excluding hydrogens is 334 g/mol. The number of nitrogens with one attached hydrogen (secondary N) is 1. The van der Waals surface area contributed by atoms with Crippen LogP contribution in [0.1, 0.15) is 15.9 Å². The van der Waals surface area contributed by atoms with Crippen LogP contribution in [0.4, 0.5) is 0 Å². The molecule has 0 radical (unpaired) electrons. The molecule has 2 rings (SSSR count). The largest absolute Gasteiger partial charge is 0.351 e. The molecule has 2 nitrogen and oxygen atoms in total. The Morgan fingerprint density at radius 2 is 1.86 bits per heavy atom. The van der Waals surface area contributed by atoms with Gasteiger partial charge in [0.1, 0.15) is 0 Å². The number of rotatable bonds is 7. The lowest BCUT2D eigenvalue weighted by Gasteiger charge is -2.08. The van der Waals surface area contributed by atoms with Crippen LogP contribution in [0.5, 0.6) is 0 Å². The molecular formula is C17H18ClNOS2. The van der Waals surface area contributed by atoms with Gasteiger partial charge >= 0.3 is 0 Å². The summed E-state index contributed by atoms with van der Waals surface area (Å²) in [5.74, 6) is 1.81. The Hall–Kier alpha value is -1.10. The molecule has 0 bridgehead atoms. The molecule has 0 fully saturated rings. The molecule has 5 heteroatoms. The number of halogens is 1. The Kier molecular flexibility index (Phi) is 7.16. The normalized spacial score (nSPS) is 10.5. The predicted molar refractivity (Wildman–Crippen MR) is 98.2 cm³/mol. The second-order valence-corrected chi connectivity index (χ2v) is 7.02. The van der Waals surface area contributed by atoms with E-state index in [0.29, 0.717) is 6.54 Å². The molecule has 0 aliphatic rings. The quantitative estimate of drug-likeness (QED) is 0.577. The van der Waals surface area contributed by atoms with Gasteiger partial charge in [-0.3, -0.25) is 4.79 Å². The van der Waals surface area contributed by atoms with Crippen molar-refractivity contribution in [2.75, 3.05) is 18.6 Å². The van der Waals surface area contributed by atoms with Crippen LogP contribution in [-0.2, 0) is 5.75 Å². The summed E-state index contributed by atoms with van der Waals surface area (Å²) in [6.07, 6.45) is 1.98. The Morgan fingerprint density at radius 3 is 2.59 bits per heavy atom. The van der Waals surface area contributed by atoms with Gasteiger partial charge in [0.15, 0.2) is 0 Å². The first-order chi connectivity index (χ1) is 10.7. The molecule has 1 N–H and O–H groups in total. The molecule has 0 aromatic heterocycles. The van der Waals surface area contributed by atoms with E-state index in [9.17, 15) is 4.79 Å². The zero-order chi connectivity index (χ0) is 15.8. The van der Waals surface area contributed by atoms with Gasteiger partial charge in [0, 0.05) is 28.0 Å². The first-order valence-corrected chi connectivity index (χ1v) is 9.70. The fourth-order valence-electron chi connectivity index (χ4n) is 1.93. The van der Waals surface area contributed by atoms with Crippen molar-refractivity contribution in [1.82, 2.24) is 5.32 Å². The van der Waals surface area contributed by atoms with Gasteiger partial charge in [0.2, 0.25) is 0 Å². The van der Waals surface area contributed by atoms with E-state index in [1.165, 1.54) is 5.56 Å². The molecule has 116 valence electrons. The van der Waals surface area contributed by atoms with Crippen LogP contribution in [0.2, 0.25) is 5.02 Å². The van der Waals surface area contributed by atoms with Crippen molar-refractivity contribution in [3.63, 3.8) is 0 Å². The second kappa shape index (κ2) is 9.13. The Balaban J connectivity index is 1.72. The highest BCUT2D eigenvalue weighted by Gasteiger charge is 2.09. The topological polar surface area (TPSA) is 29.1 Å². The number of hydrogen-bond acceptors (Lipinski definition) is 3. The van der Waals surface area contributed by atoms with Crippen LogP contribution in [-0.4, -0.2) is 24.5 Å². The van der Waals surface area contributed by atoms with Crippen molar-refractivity contribution in [3.8, 4) is 0 Å². The van der Waals surface area contributed by atoms with E-state index in [4.69, 9.17) is 11.6 Å². The minimum Gasteiger partial charge on any atom is -0.351 e. The fraction of sp³-hybridized carbons (Fsp3) is 0.235. The molecule has 2 aromatic rings. The number of thioether (sulfide) groups is 2. The third kappa shape index (κ3) is 5.27. The van der Waals surface area contributed by atoms with Crippen molar-refractivity contribution in [1.29, 1.82) is 0 Å². The van der Waals surface area contributed by atoms with Crippen LogP contribution in [0.3, 0.4) is 0 Å². The standard InChI is InChI=1S/C17H18ClNOS2/c1-21-16-5-3-2-4-15(16)17(20)19-10-11-22-12-13-6-8-14(18)9-7-13/h2-9H,10-12H2,1H3,(H,19,20). The van der Waals surface area contributed by atoms with Crippen molar-refractivity contribution < 1.29 is 4.79 Å². The van der Waals surface area contributed by atoms with Gasteiger partial charge < -0.3 is 5.32 Å². The van der Waals surface area contributed by atoms with Crippen molar-refractivity contribution >= 4 is 41.0 Å². The highest BCUT2D eigenvalue weighted by molar-refractivity contribution is 7.98. The first-order valence-electron chi connectivity index (χ1n) is 6.94. The maximum atomic E-state index is 12.1. The SMILES string of the molecule is CSc1ccccc1C(=O)NCCSCc1ccc(Cl)cc1. The van der Waals surface area contributed by atoms with E-state index in [-0.39, 0.29) is 5.91 Å².